The third-order valence-electron chi connectivity index (χ3n) is 3.48. The molecule has 0 bridgehead atoms. The zero-order chi connectivity index (χ0) is 16.4. The first-order valence-corrected chi connectivity index (χ1v) is 7.75. The Morgan fingerprint density at radius 2 is 2.00 bits per heavy atom. The molecule has 0 fully saturated rings. The van der Waals surface area contributed by atoms with Crippen molar-refractivity contribution in [1.82, 2.24) is 4.57 Å². The van der Waals surface area contributed by atoms with Crippen LogP contribution in [-0.2, 0) is 7.05 Å². The summed E-state index contributed by atoms with van der Waals surface area (Å²) in [7, 11) is 1.94. The number of hydrogen-bond acceptors (Lipinski definition) is 5. The van der Waals surface area contributed by atoms with E-state index >= 15 is 0 Å². The molecule has 0 N–H and O–H groups in total. The number of aryl methyl sites for hydroxylation is 1. The molecule has 23 heavy (non-hydrogen) atoms. The highest BCUT2D eigenvalue weighted by Gasteiger charge is 2.07. The molecule has 116 valence electrons. The molecule has 0 saturated carbocycles. The molecule has 6 nitrogen and oxygen atoms in total. The second-order valence-electron chi connectivity index (χ2n) is 5.00. The molecular weight excluding hydrogens is 312 g/mol. The molecule has 3 rings (SSSR count). The van der Waals surface area contributed by atoms with Gasteiger partial charge in [-0.05, 0) is 19.1 Å². The third kappa shape index (κ3) is 3.04. The highest BCUT2D eigenvalue weighted by molar-refractivity contribution is 7.16. The summed E-state index contributed by atoms with van der Waals surface area (Å²) in [5.41, 5.74) is 2.46. The van der Waals surface area contributed by atoms with Gasteiger partial charge in [0, 0.05) is 24.7 Å². The second-order valence-corrected chi connectivity index (χ2v) is 6.01. The van der Waals surface area contributed by atoms with Gasteiger partial charge in [0.1, 0.15) is 0 Å². The second kappa shape index (κ2) is 6.13. The van der Waals surface area contributed by atoms with Crippen molar-refractivity contribution in [3.63, 3.8) is 0 Å². The number of nitrogens with zero attached hydrogens (tertiary/aromatic N) is 4. The van der Waals surface area contributed by atoms with E-state index in [1.165, 1.54) is 12.1 Å². The number of rotatable bonds is 3. The average Bonchev–Trinajstić information content (AvgIpc) is 2.89. The van der Waals surface area contributed by atoms with Gasteiger partial charge in [0.2, 0.25) is 4.80 Å². The Bertz CT molecular complexity index is 985. The molecular formula is C16H14N4O2S. The average molecular weight is 326 g/mol. The molecule has 0 radical (unpaired) electrons. The van der Waals surface area contributed by atoms with Crippen LogP contribution in [-0.4, -0.2) is 15.2 Å². The van der Waals surface area contributed by atoms with E-state index in [4.69, 9.17) is 0 Å². The van der Waals surface area contributed by atoms with E-state index in [2.05, 4.69) is 10.2 Å². The number of nitro benzene ring substituents is 1. The number of fused-ring (bicyclic) bond motifs is 1. The van der Waals surface area contributed by atoms with Gasteiger partial charge in [-0.3, -0.25) is 10.1 Å². The summed E-state index contributed by atoms with van der Waals surface area (Å²) < 4.78 is 3.11. The van der Waals surface area contributed by atoms with Crippen molar-refractivity contribution in [2.24, 2.45) is 17.3 Å². The first kappa shape index (κ1) is 15.1. The van der Waals surface area contributed by atoms with Crippen molar-refractivity contribution in [2.75, 3.05) is 0 Å². The summed E-state index contributed by atoms with van der Waals surface area (Å²) in [5, 5.41) is 19.4. The summed E-state index contributed by atoms with van der Waals surface area (Å²) in [6.45, 7) is 1.79. The fourth-order valence-electron chi connectivity index (χ4n) is 2.20. The maximum Gasteiger partial charge on any atom is 0.270 e. The highest BCUT2D eigenvalue weighted by atomic mass is 32.1. The molecule has 1 aromatic heterocycles. The first-order valence-electron chi connectivity index (χ1n) is 6.94. The molecule has 0 aliphatic carbocycles. The predicted octanol–water partition coefficient (Wildman–Crippen LogP) is 3.47. The van der Waals surface area contributed by atoms with Crippen LogP contribution in [0.5, 0.6) is 0 Å². The molecule has 0 aliphatic rings. The molecule has 0 aliphatic heterocycles. The first-order chi connectivity index (χ1) is 11.1. The summed E-state index contributed by atoms with van der Waals surface area (Å²) in [6.07, 6.45) is 0. The number of non-ortho nitro benzene ring substituents is 1. The molecule has 2 aromatic carbocycles. The minimum Gasteiger partial charge on any atom is -0.318 e. The maximum absolute atomic E-state index is 10.8. The van der Waals surface area contributed by atoms with Crippen LogP contribution in [0.25, 0.3) is 10.2 Å². The topological polar surface area (TPSA) is 72.8 Å². The van der Waals surface area contributed by atoms with Crippen LogP contribution in [0, 0.1) is 10.1 Å². The Hall–Kier alpha value is -2.80. The van der Waals surface area contributed by atoms with E-state index in [-0.39, 0.29) is 5.69 Å². The lowest BCUT2D eigenvalue weighted by molar-refractivity contribution is -0.384. The lowest BCUT2D eigenvalue weighted by atomic mass is 10.1. The van der Waals surface area contributed by atoms with E-state index in [0.717, 1.165) is 15.0 Å². The van der Waals surface area contributed by atoms with Gasteiger partial charge in [-0.1, -0.05) is 35.6 Å². The van der Waals surface area contributed by atoms with Gasteiger partial charge in [0.05, 0.1) is 20.9 Å². The van der Waals surface area contributed by atoms with Crippen LogP contribution in [0.15, 0.2) is 58.7 Å². The highest BCUT2D eigenvalue weighted by Crippen LogP contribution is 2.16. The number of aromatic nitrogens is 1. The van der Waals surface area contributed by atoms with Crippen LogP contribution < -0.4 is 4.80 Å². The summed E-state index contributed by atoms with van der Waals surface area (Å²) in [6, 6.07) is 14.4. The zero-order valence-electron chi connectivity index (χ0n) is 12.6. The van der Waals surface area contributed by atoms with E-state index in [9.17, 15) is 10.1 Å². The fraction of sp³-hybridized carbons (Fsp3) is 0.125. The predicted molar refractivity (Wildman–Crippen MR) is 91.7 cm³/mol. The van der Waals surface area contributed by atoms with Crippen LogP contribution in [0.2, 0.25) is 0 Å². The standard InChI is InChI=1S/C16H14N4O2S/c1-11(12-6-5-7-13(10-12)20(21)22)17-18-16-19(2)14-8-3-4-9-15(14)23-16/h3-10H,1-2H3/b17-11+,18-16+. The summed E-state index contributed by atoms with van der Waals surface area (Å²) >= 11 is 1.55. The Morgan fingerprint density at radius 3 is 2.74 bits per heavy atom. The van der Waals surface area contributed by atoms with E-state index in [1.54, 1.807) is 30.4 Å². The Labute approximate surface area is 136 Å². The maximum atomic E-state index is 10.8. The van der Waals surface area contributed by atoms with Crippen molar-refractivity contribution in [2.45, 2.75) is 6.92 Å². The van der Waals surface area contributed by atoms with Crippen molar-refractivity contribution in [3.05, 3.63) is 69.0 Å². The van der Waals surface area contributed by atoms with Gasteiger partial charge in [-0.25, -0.2) is 0 Å². The molecule has 0 unspecified atom stereocenters. The molecule has 7 heteroatoms. The zero-order valence-corrected chi connectivity index (χ0v) is 13.4. The number of thiazole rings is 1. The van der Waals surface area contributed by atoms with E-state index in [1.807, 2.05) is 35.9 Å². The number of benzene rings is 2. The Balaban J connectivity index is 2.01. The third-order valence-corrected chi connectivity index (χ3v) is 4.58. The number of nitro groups is 1. The Morgan fingerprint density at radius 1 is 1.22 bits per heavy atom. The molecule has 0 spiro atoms. The summed E-state index contributed by atoms with van der Waals surface area (Å²) in [5.74, 6) is 0. The lowest BCUT2D eigenvalue weighted by Crippen LogP contribution is -2.09. The fourth-order valence-corrected chi connectivity index (χ4v) is 3.17. The summed E-state index contributed by atoms with van der Waals surface area (Å²) in [4.78, 5) is 11.2. The molecule has 1 heterocycles. The van der Waals surface area contributed by atoms with E-state index < -0.39 is 4.92 Å². The van der Waals surface area contributed by atoms with Gasteiger partial charge in [-0.2, -0.15) is 5.10 Å². The van der Waals surface area contributed by atoms with Crippen molar-refractivity contribution < 1.29 is 4.92 Å². The van der Waals surface area contributed by atoms with Gasteiger partial charge in [-0.15, -0.1) is 5.10 Å². The van der Waals surface area contributed by atoms with E-state index in [0.29, 0.717) is 11.3 Å². The SMILES string of the molecule is C/C(=N\N=c1\sc2ccccc2n1C)c1cccc([N+](=O)[O-])c1. The van der Waals surface area contributed by atoms with Crippen molar-refractivity contribution in [3.8, 4) is 0 Å². The molecule has 3 aromatic rings. The molecule has 0 amide bonds. The molecule has 0 atom stereocenters. The van der Waals surface area contributed by atoms with Gasteiger partial charge in [0.15, 0.2) is 0 Å². The number of para-hydroxylation sites is 1. The van der Waals surface area contributed by atoms with Crippen molar-refractivity contribution >= 4 is 33.0 Å². The minimum absolute atomic E-state index is 0.0458. The van der Waals surface area contributed by atoms with Gasteiger partial charge in [0.25, 0.3) is 5.69 Å². The van der Waals surface area contributed by atoms with Crippen LogP contribution in [0.3, 0.4) is 0 Å². The Kier molecular flexibility index (Phi) is 4.03. The van der Waals surface area contributed by atoms with Crippen LogP contribution in [0.1, 0.15) is 12.5 Å². The number of hydrogen-bond donors (Lipinski definition) is 0. The van der Waals surface area contributed by atoms with Crippen LogP contribution >= 0.6 is 11.3 Å². The lowest BCUT2D eigenvalue weighted by Gasteiger charge is -1.98. The molecule has 0 saturated heterocycles. The van der Waals surface area contributed by atoms with Crippen molar-refractivity contribution in [1.29, 1.82) is 0 Å². The smallest absolute Gasteiger partial charge is 0.270 e. The minimum atomic E-state index is -0.417. The largest absolute Gasteiger partial charge is 0.318 e. The van der Waals surface area contributed by atoms with Crippen LogP contribution in [0.4, 0.5) is 5.69 Å². The normalized spacial score (nSPS) is 12.8. The van der Waals surface area contributed by atoms with Gasteiger partial charge < -0.3 is 4.57 Å². The monoisotopic (exact) mass is 326 g/mol. The quantitative estimate of drug-likeness (QED) is 0.420. The van der Waals surface area contributed by atoms with Gasteiger partial charge >= 0.3 is 0 Å².